The van der Waals surface area contributed by atoms with E-state index in [1.54, 1.807) is 11.0 Å². The van der Waals surface area contributed by atoms with E-state index in [-0.39, 0.29) is 11.5 Å². The minimum absolute atomic E-state index is 0.0235. The molecule has 0 spiro atoms. The number of pyridine rings is 1. The van der Waals surface area contributed by atoms with Gasteiger partial charge in [-0.2, -0.15) is 0 Å². The molecular weight excluding hydrogens is 206 g/mol. The summed E-state index contributed by atoms with van der Waals surface area (Å²) in [6.07, 6.45) is 1.47. The molecule has 5 heteroatoms. The van der Waals surface area contributed by atoms with E-state index in [0.717, 1.165) is 6.54 Å². The lowest BCUT2D eigenvalue weighted by atomic mass is 10.2. The van der Waals surface area contributed by atoms with Crippen LogP contribution in [0, 0.1) is 0 Å². The zero-order chi connectivity index (χ0) is 11.5. The van der Waals surface area contributed by atoms with Gasteiger partial charge in [0.05, 0.1) is 5.56 Å². The van der Waals surface area contributed by atoms with E-state index in [1.165, 1.54) is 12.3 Å². The van der Waals surface area contributed by atoms with Gasteiger partial charge in [-0.25, -0.2) is 0 Å². The first-order chi connectivity index (χ1) is 7.66. The Morgan fingerprint density at radius 1 is 1.50 bits per heavy atom. The van der Waals surface area contributed by atoms with Crippen molar-refractivity contribution < 1.29 is 4.79 Å². The summed E-state index contributed by atoms with van der Waals surface area (Å²) in [6.45, 7) is 4.28. The highest BCUT2D eigenvalue weighted by Gasteiger charge is 2.21. The molecule has 86 valence electrons. The molecular formula is C11H15N3O2. The molecule has 2 N–H and O–H groups in total. The highest BCUT2D eigenvalue weighted by atomic mass is 16.2. The topological polar surface area (TPSA) is 65.2 Å². The van der Waals surface area contributed by atoms with Crippen LogP contribution < -0.4 is 10.9 Å². The lowest BCUT2D eigenvalue weighted by Gasteiger charge is -2.31. The summed E-state index contributed by atoms with van der Waals surface area (Å²) in [5.41, 5.74) is 0.346. The van der Waals surface area contributed by atoms with Crippen LogP contribution in [0.2, 0.25) is 0 Å². The van der Waals surface area contributed by atoms with Gasteiger partial charge in [0.2, 0.25) is 5.56 Å². The van der Waals surface area contributed by atoms with E-state index in [1.807, 2.05) is 6.92 Å². The maximum atomic E-state index is 12.0. The number of piperazine rings is 1. The number of aromatic nitrogens is 1. The van der Waals surface area contributed by atoms with Crippen LogP contribution in [0.1, 0.15) is 17.3 Å². The second-order valence-electron chi connectivity index (χ2n) is 4.05. The van der Waals surface area contributed by atoms with Crippen LogP contribution in [0.15, 0.2) is 23.1 Å². The van der Waals surface area contributed by atoms with Gasteiger partial charge in [-0.05, 0) is 13.0 Å². The Kier molecular flexibility index (Phi) is 3.05. The number of nitrogens with one attached hydrogen (secondary N) is 2. The first-order valence-corrected chi connectivity index (χ1v) is 5.38. The van der Waals surface area contributed by atoms with Crippen molar-refractivity contribution in [2.75, 3.05) is 19.6 Å². The average Bonchev–Trinajstić information content (AvgIpc) is 2.29. The summed E-state index contributed by atoms with van der Waals surface area (Å²) >= 11 is 0. The summed E-state index contributed by atoms with van der Waals surface area (Å²) in [5, 5.41) is 3.28. The minimum atomic E-state index is -0.190. The summed E-state index contributed by atoms with van der Waals surface area (Å²) < 4.78 is 0. The van der Waals surface area contributed by atoms with Gasteiger partial charge in [0.25, 0.3) is 5.91 Å². The molecule has 0 aliphatic carbocycles. The van der Waals surface area contributed by atoms with E-state index in [4.69, 9.17) is 0 Å². The fourth-order valence-corrected chi connectivity index (χ4v) is 1.84. The predicted octanol–water partition coefficient (Wildman–Crippen LogP) is -0.191. The number of rotatable bonds is 1. The summed E-state index contributed by atoms with van der Waals surface area (Å²) in [5.74, 6) is -0.0235. The van der Waals surface area contributed by atoms with Crippen molar-refractivity contribution >= 4 is 5.91 Å². The molecule has 1 aromatic heterocycles. The van der Waals surface area contributed by atoms with Crippen LogP contribution in [0.3, 0.4) is 0 Å². The van der Waals surface area contributed by atoms with Crippen molar-refractivity contribution in [1.29, 1.82) is 0 Å². The molecule has 5 nitrogen and oxygen atoms in total. The normalized spacial score (nSPS) is 20.8. The van der Waals surface area contributed by atoms with Crippen LogP contribution >= 0.6 is 0 Å². The van der Waals surface area contributed by atoms with Gasteiger partial charge in [0.15, 0.2) is 0 Å². The molecule has 2 heterocycles. The van der Waals surface area contributed by atoms with Crippen LogP contribution in [-0.2, 0) is 0 Å². The van der Waals surface area contributed by atoms with Gasteiger partial charge in [-0.1, -0.05) is 0 Å². The van der Waals surface area contributed by atoms with Crippen LogP contribution in [0.5, 0.6) is 0 Å². The Morgan fingerprint density at radius 2 is 2.31 bits per heavy atom. The van der Waals surface area contributed by atoms with Gasteiger partial charge in [0, 0.05) is 37.9 Å². The van der Waals surface area contributed by atoms with Gasteiger partial charge < -0.3 is 15.2 Å². The third-order valence-electron chi connectivity index (χ3n) is 2.69. The summed E-state index contributed by atoms with van der Waals surface area (Å²) in [6, 6.07) is 3.26. The van der Waals surface area contributed by atoms with Crippen molar-refractivity contribution in [3.63, 3.8) is 0 Å². The number of nitrogens with zero attached hydrogens (tertiary/aromatic N) is 1. The molecule has 0 bridgehead atoms. The molecule has 0 aromatic carbocycles. The van der Waals surface area contributed by atoms with Gasteiger partial charge in [-0.15, -0.1) is 0 Å². The monoisotopic (exact) mass is 221 g/mol. The zero-order valence-corrected chi connectivity index (χ0v) is 9.19. The molecule has 1 aliphatic rings. The number of H-pyrrole nitrogens is 1. The third-order valence-corrected chi connectivity index (χ3v) is 2.69. The quantitative estimate of drug-likeness (QED) is 0.690. The van der Waals surface area contributed by atoms with Gasteiger partial charge in [-0.3, -0.25) is 9.59 Å². The van der Waals surface area contributed by atoms with E-state index in [2.05, 4.69) is 10.3 Å². The van der Waals surface area contributed by atoms with Crippen LogP contribution in [-0.4, -0.2) is 41.5 Å². The molecule has 1 fully saturated rings. The molecule has 1 saturated heterocycles. The van der Waals surface area contributed by atoms with E-state index in [9.17, 15) is 9.59 Å². The van der Waals surface area contributed by atoms with Crippen molar-refractivity contribution in [1.82, 2.24) is 15.2 Å². The molecule has 2 rings (SSSR count). The van der Waals surface area contributed by atoms with Crippen LogP contribution in [0.4, 0.5) is 0 Å². The first kappa shape index (κ1) is 10.9. The highest BCUT2D eigenvalue weighted by Crippen LogP contribution is 2.05. The van der Waals surface area contributed by atoms with Crippen molar-refractivity contribution in [3.8, 4) is 0 Å². The fourth-order valence-electron chi connectivity index (χ4n) is 1.84. The van der Waals surface area contributed by atoms with Crippen LogP contribution in [0.25, 0.3) is 0 Å². The summed E-state index contributed by atoms with van der Waals surface area (Å²) in [7, 11) is 0. The SMILES string of the molecule is C[C@@H]1CN(C(=O)c2ccc(=O)[nH]c2)CCN1. The van der Waals surface area contributed by atoms with Crippen molar-refractivity contribution in [3.05, 3.63) is 34.2 Å². The van der Waals surface area contributed by atoms with Gasteiger partial charge in [0.1, 0.15) is 0 Å². The fraction of sp³-hybridized carbons (Fsp3) is 0.455. The number of amides is 1. The second kappa shape index (κ2) is 4.49. The standard InChI is InChI=1S/C11H15N3O2/c1-8-7-14(5-4-12-8)11(16)9-2-3-10(15)13-6-9/h2-3,6,8,12H,4-5,7H2,1H3,(H,13,15)/t8-/m1/s1. The molecule has 1 aromatic rings. The Hall–Kier alpha value is -1.62. The van der Waals surface area contributed by atoms with Gasteiger partial charge >= 0.3 is 0 Å². The Balaban J connectivity index is 2.12. The summed E-state index contributed by atoms with van der Waals surface area (Å²) in [4.78, 5) is 27.2. The average molecular weight is 221 g/mol. The maximum absolute atomic E-state index is 12.0. The third kappa shape index (κ3) is 2.30. The molecule has 0 radical (unpaired) electrons. The largest absolute Gasteiger partial charge is 0.336 e. The molecule has 0 saturated carbocycles. The molecule has 1 amide bonds. The predicted molar refractivity (Wildman–Crippen MR) is 60.4 cm³/mol. The Morgan fingerprint density at radius 3 is 2.94 bits per heavy atom. The number of carbonyl (C=O) groups is 1. The number of hydrogen-bond donors (Lipinski definition) is 2. The second-order valence-corrected chi connectivity index (χ2v) is 4.05. The van der Waals surface area contributed by atoms with E-state index < -0.39 is 0 Å². The molecule has 16 heavy (non-hydrogen) atoms. The van der Waals surface area contributed by atoms with E-state index >= 15 is 0 Å². The molecule has 1 aliphatic heterocycles. The van der Waals surface area contributed by atoms with E-state index in [0.29, 0.717) is 24.7 Å². The smallest absolute Gasteiger partial charge is 0.255 e. The Bertz CT molecular complexity index is 421. The zero-order valence-electron chi connectivity index (χ0n) is 9.19. The first-order valence-electron chi connectivity index (χ1n) is 5.38. The molecule has 0 unspecified atom stereocenters. The number of hydrogen-bond acceptors (Lipinski definition) is 3. The maximum Gasteiger partial charge on any atom is 0.255 e. The lowest BCUT2D eigenvalue weighted by molar-refractivity contribution is 0.0708. The molecule has 1 atom stereocenters. The lowest BCUT2D eigenvalue weighted by Crippen LogP contribution is -2.51. The van der Waals surface area contributed by atoms with Crippen molar-refractivity contribution in [2.24, 2.45) is 0 Å². The Labute approximate surface area is 93.5 Å². The van der Waals surface area contributed by atoms with Crippen molar-refractivity contribution in [2.45, 2.75) is 13.0 Å². The number of carbonyl (C=O) groups excluding carboxylic acids is 1. The minimum Gasteiger partial charge on any atom is -0.336 e. The number of aromatic amines is 1. The highest BCUT2D eigenvalue weighted by molar-refractivity contribution is 5.93.